The molecule has 0 heterocycles. The van der Waals surface area contributed by atoms with Gasteiger partial charge >= 0.3 is 0 Å². The fourth-order valence-corrected chi connectivity index (χ4v) is 2.97. The average Bonchev–Trinajstić information content (AvgIpc) is 2.36. The molecule has 2 rings (SSSR count). The molecule has 0 fully saturated rings. The minimum Gasteiger partial charge on any atom is -0.398 e. The summed E-state index contributed by atoms with van der Waals surface area (Å²) < 4.78 is 40.6. The van der Waals surface area contributed by atoms with Gasteiger partial charge in [-0.05, 0) is 52.3 Å². The smallest absolute Gasteiger partial charge is 0.262 e. The Bertz CT molecular complexity index is 768. The van der Waals surface area contributed by atoms with E-state index in [1.165, 1.54) is 30.3 Å². The van der Waals surface area contributed by atoms with Crippen LogP contribution in [0.4, 0.5) is 15.8 Å². The molecule has 2 aromatic carbocycles. The summed E-state index contributed by atoms with van der Waals surface area (Å²) in [4.78, 5) is -0.0625. The summed E-state index contributed by atoms with van der Waals surface area (Å²) >= 11 is 8.77. The molecule has 0 aromatic heterocycles. The summed E-state index contributed by atoms with van der Waals surface area (Å²) in [5.74, 6) is -0.758. The molecule has 0 aliphatic heterocycles. The zero-order chi connectivity index (χ0) is 14.9. The predicted molar refractivity (Wildman–Crippen MR) is 80.8 cm³/mol. The molecule has 0 spiro atoms. The first-order chi connectivity index (χ1) is 9.29. The zero-order valence-electron chi connectivity index (χ0n) is 9.90. The molecule has 0 atom stereocenters. The number of anilines is 2. The highest BCUT2D eigenvalue weighted by Crippen LogP contribution is 2.26. The number of sulfonamides is 1. The monoisotopic (exact) mass is 378 g/mol. The van der Waals surface area contributed by atoms with Crippen molar-refractivity contribution in [2.75, 3.05) is 10.5 Å². The van der Waals surface area contributed by atoms with Crippen molar-refractivity contribution in [2.45, 2.75) is 4.90 Å². The standard InChI is InChI=1S/C12H9BrClFN2O2S/c13-9-3-2-8(6-11(9)16)20(18,19)17-12-4-1-7(14)5-10(12)15/h1-6,17H,16H2. The highest BCUT2D eigenvalue weighted by Gasteiger charge is 2.17. The van der Waals surface area contributed by atoms with Crippen LogP contribution in [0.5, 0.6) is 0 Å². The quantitative estimate of drug-likeness (QED) is 0.800. The number of nitrogen functional groups attached to an aromatic ring is 1. The molecule has 4 nitrogen and oxygen atoms in total. The van der Waals surface area contributed by atoms with Gasteiger partial charge in [-0.15, -0.1) is 0 Å². The van der Waals surface area contributed by atoms with E-state index in [2.05, 4.69) is 20.7 Å². The SMILES string of the molecule is Nc1cc(S(=O)(=O)Nc2ccc(Cl)cc2F)ccc1Br. The maximum Gasteiger partial charge on any atom is 0.262 e. The molecule has 3 N–H and O–H groups in total. The van der Waals surface area contributed by atoms with Gasteiger partial charge in [-0.1, -0.05) is 11.6 Å². The number of hydrogen-bond donors (Lipinski definition) is 2. The minimum atomic E-state index is -3.92. The summed E-state index contributed by atoms with van der Waals surface area (Å²) in [5.41, 5.74) is 5.71. The second-order valence-electron chi connectivity index (χ2n) is 3.91. The van der Waals surface area contributed by atoms with Crippen molar-refractivity contribution < 1.29 is 12.8 Å². The van der Waals surface area contributed by atoms with E-state index < -0.39 is 15.8 Å². The fourth-order valence-electron chi connectivity index (χ4n) is 1.46. The molecular weight excluding hydrogens is 371 g/mol. The van der Waals surface area contributed by atoms with Crippen molar-refractivity contribution >= 4 is 48.9 Å². The van der Waals surface area contributed by atoms with E-state index in [0.717, 1.165) is 6.07 Å². The van der Waals surface area contributed by atoms with E-state index in [9.17, 15) is 12.8 Å². The van der Waals surface area contributed by atoms with Gasteiger partial charge in [0.25, 0.3) is 10.0 Å². The predicted octanol–water partition coefficient (Wildman–Crippen LogP) is 3.62. The lowest BCUT2D eigenvalue weighted by Gasteiger charge is -2.10. The molecule has 0 bridgehead atoms. The lowest BCUT2D eigenvalue weighted by atomic mass is 10.3. The van der Waals surface area contributed by atoms with Crippen LogP contribution in [0.25, 0.3) is 0 Å². The van der Waals surface area contributed by atoms with Gasteiger partial charge in [-0.3, -0.25) is 4.72 Å². The zero-order valence-corrected chi connectivity index (χ0v) is 13.1. The molecule has 0 radical (unpaired) electrons. The first kappa shape index (κ1) is 15.1. The van der Waals surface area contributed by atoms with Gasteiger partial charge in [0.2, 0.25) is 0 Å². The first-order valence-electron chi connectivity index (χ1n) is 5.32. The Morgan fingerprint density at radius 1 is 1.20 bits per heavy atom. The third-order valence-electron chi connectivity index (χ3n) is 2.45. The second kappa shape index (κ2) is 5.59. The molecule has 8 heteroatoms. The Kier molecular flexibility index (Phi) is 4.22. The van der Waals surface area contributed by atoms with Crippen LogP contribution in [0.3, 0.4) is 0 Å². The van der Waals surface area contributed by atoms with Crippen LogP contribution >= 0.6 is 27.5 Å². The number of halogens is 3. The second-order valence-corrected chi connectivity index (χ2v) is 6.89. The summed E-state index contributed by atoms with van der Waals surface area (Å²) in [6.45, 7) is 0. The van der Waals surface area contributed by atoms with Crippen LogP contribution in [0.1, 0.15) is 0 Å². The summed E-state index contributed by atoms with van der Waals surface area (Å²) in [5, 5.41) is 0.179. The molecular formula is C12H9BrClFN2O2S. The van der Waals surface area contributed by atoms with Crippen LogP contribution in [-0.2, 0) is 10.0 Å². The van der Waals surface area contributed by atoms with Crippen molar-refractivity contribution in [1.29, 1.82) is 0 Å². The Balaban J connectivity index is 2.38. The van der Waals surface area contributed by atoms with E-state index in [-0.39, 0.29) is 21.3 Å². The van der Waals surface area contributed by atoms with E-state index in [1.807, 2.05) is 0 Å². The van der Waals surface area contributed by atoms with Crippen molar-refractivity contribution in [3.8, 4) is 0 Å². The molecule has 0 aliphatic carbocycles. The Hall–Kier alpha value is -1.31. The van der Waals surface area contributed by atoms with Gasteiger partial charge in [0.05, 0.1) is 10.6 Å². The van der Waals surface area contributed by atoms with Gasteiger partial charge < -0.3 is 5.73 Å². The van der Waals surface area contributed by atoms with Gasteiger partial charge in [0.15, 0.2) is 0 Å². The van der Waals surface area contributed by atoms with Crippen LogP contribution in [0.15, 0.2) is 45.8 Å². The topological polar surface area (TPSA) is 72.2 Å². The number of nitrogens with one attached hydrogen (secondary N) is 1. The minimum absolute atomic E-state index is 0.0625. The highest BCUT2D eigenvalue weighted by molar-refractivity contribution is 9.10. The number of nitrogens with two attached hydrogens (primary N) is 1. The number of benzene rings is 2. The summed E-state index contributed by atoms with van der Waals surface area (Å²) in [6.07, 6.45) is 0. The van der Waals surface area contributed by atoms with Crippen LogP contribution in [0.2, 0.25) is 5.02 Å². The Morgan fingerprint density at radius 2 is 1.90 bits per heavy atom. The Labute approximate surface area is 128 Å². The van der Waals surface area contributed by atoms with E-state index in [0.29, 0.717) is 4.47 Å². The molecule has 0 aliphatic rings. The van der Waals surface area contributed by atoms with Crippen molar-refractivity contribution in [3.05, 3.63) is 51.7 Å². The van der Waals surface area contributed by atoms with E-state index in [4.69, 9.17) is 17.3 Å². The highest BCUT2D eigenvalue weighted by atomic mass is 79.9. The Morgan fingerprint density at radius 3 is 2.50 bits per heavy atom. The maximum atomic E-state index is 13.6. The number of hydrogen-bond acceptors (Lipinski definition) is 3. The number of rotatable bonds is 3. The van der Waals surface area contributed by atoms with Crippen molar-refractivity contribution in [3.63, 3.8) is 0 Å². The van der Waals surface area contributed by atoms with Crippen LogP contribution < -0.4 is 10.5 Å². The third-order valence-corrected chi connectivity index (χ3v) is 4.77. The molecule has 0 saturated heterocycles. The average molecular weight is 380 g/mol. The van der Waals surface area contributed by atoms with Gasteiger partial charge in [-0.2, -0.15) is 0 Å². The largest absolute Gasteiger partial charge is 0.398 e. The maximum absolute atomic E-state index is 13.6. The van der Waals surface area contributed by atoms with Crippen molar-refractivity contribution in [1.82, 2.24) is 0 Å². The molecule has 20 heavy (non-hydrogen) atoms. The molecule has 0 unspecified atom stereocenters. The fraction of sp³-hybridized carbons (Fsp3) is 0. The summed E-state index contributed by atoms with van der Waals surface area (Å²) in [6, 6.07) is 7.80. The molecule has 106 valence electrons. The lowest BCUT2D eigenvalue weighted by molar-refractivity contribution is 0.598. The molecule has 0 amide bonds. The van der Waals surface area contributed by atoms with E-state index in [1.54, 1.807) is 0 Å². The van der Waals surface area contributed by atoms with Crippen molar-refractivity contribution in [2.24, 2.45) is 0 Å². The van der Waals surface area contributed by atoms with Gasteiger partial charge in [-0.25, -0.2) is 12.8 Å². The van der Waals surface area contributed by atoms with Gasteiger partial charge in [0, 0.05) is 15.2 Å². The summed E-state index contributed by atoms with van der Waals surface area (Å²) in [7, 11) is -3.92. The van der Waals surface area contributed by atoms with E-state index >= 15 is 0 Å². The normalized spacial score (nSPS) is 11.3. The lowest BCUT2D eigenvalue weighted by Crippen LogP contribution is -2.14. The van der Waals surface area contributed by atoms with Gasteiger partial charge in [0.1, 0.15) is 5.82 Å². The van der Waals surface area contributed by atoms with Crippen LogP contribution in [-0.4, -0.2) is 8.42 Å². The van der Waals surface area contributed by atoms with Crippen LogP contribution in [0, 0.1) is 5.82 Å². The third kappa shape index (κ3) is 3.23. The molecule has 2 aromatic rings. The first-order valence-corrected chi connectivity index (χ1v) is 7.98. The molecule has 0 saturated carbocycles.